The third kappa shape index (κ3) is 5.24. The van der Waals surface area contributed by atoms with Crippen molar-refractivity contribution < 1.29 is 0 Å². The summed E-state index contributed by atoms with van der Waals surface area (Å²) in [4.78, 5) is 11.1. The van der Waals surface area contributed by atoms with Crippen molar-refractivity contribution in [2.24, 2.45) is 0 Å². The van der Waals surface area contributed by atoms with E-state index in [2.05, 4.69) is 217 Å². The zero-order chi connectivity index (χ0) is 40.0. The van der Waals surface area contributed by atoms with E-state index < -0.39 is 0 Å². The quantitative estimate of drug-likeness (QED) is 0.167. The van der Waals surface area contributed by atoms with Gasteiger partial charge in [-0.2, -0.15) is 0 Å². The number of hydrogen-bond donors (Lipinski definition) is 0. The molecule has 282 valence electrons. The lowest BCUT2D eigenvalue weighted by molar-refractivity contribution is 1.01. The van der Waals surface area contributed by atoms with Crippen LogP contribution in [0.2, 0.25) is 0 Å². The van der Waals surface area contributed by atoms with E-state index in [1.807, 2.05) is 0 Å². The number of benzene rings is 11. The van der Waals surface area contributed by atoms with Crippen molar-refractivity contribution in [2.45, 2.75) is 0 Å². The number of rotatable bonds is 4. The molecule has 0 saturated carbocycles. The Kier molecular flexibility index (Phi) is 7.31. The summed E-state index contributed by atoms with van der Waals surface area (Å²) in [7, 11) is 0. The van der Waals surface area contributed by atoms with Crippen LogP contribution in [0.4, 0.5) is 0 Å². The third-order valence-electron chi connectivity index (χ3n) is 12.7. The first-order chi connectivity index (χ1) is 30.2. The fourth-order valence-corrected chi connectivity index (χ4v) is 9.87. The lowest BCUT2D eigenvalue weighted by Crippen LogP contribution is -2.04. The van der Waals surface area contributed by atoms with Crippen LogP contribution in [0.25, 0.3) is 126 Å². The lowest BCUT2D eigenvalue weighted by atomic mass is 9.92. The highest BCUT2D eigenvalue weighted by Gasteiger charge is 2.21. The van der Waals surface area contributed by atoms with Crippen LogP contribution < -0.4 is 0 Å². The van der Waals surface area contributed by atoms with Gasteiger partial charge in [-0.25, -0.2) is 9.97 Å². The number of nitrogens with zero attached hydrogens (tertiary/aromatic N) is 3. The molecule has 0 fully saturated rings. The molecular formula is C58H35N3. The Morgan fingerprint density at radius 1 is 0.295 bits per heavy atom. The number of fused-ring (bicyclic) bond motifs is 12. The summed E-state index contributed by atoms with van der Waals surface area (Å²) in [5.74, 6) is 0.643. The van der Waals surface area contributed by atoms with Crippen LogP contribution in [-0.2, 0) is 0 Å². The fourth-order valence-electron chi connectivity index (χ4n) is 9.87. The molecule has 61 heavy (non-hydrogen) atoms. The smallest absolute Gasteiger partial charge is 0.235 e. The average Bonchev–Trinajstić information content (AvgIpc) is 3.66. The van der Waals surface area contributed by atoms with E-state index in [9.17, 15) is 0 Å². The Bertz CT molecular complexity index is 3900. The van der Waals surface area contributed by atoms with Crippen LogP contribution in [0, 0.1) is 0 Å². The molecule has 3 heteroatoms. The van der Waals surface area contributed by atoms with Crippen LogP contribution in [0.5, 0.6) is 0 Å². The molecule has 0 bridgehead atoms. The van der Waals surface area contributed by atoms with Crippen LogP contribution in [-0.4, -0.2) is 14.5 Å². The molecule has 13 rings (SSSR count). The lowest BCUT2D eigenvalue weighted by Gasteiger charge is -2.15. The molecule has 11 aromatic carbocycles. The van der Waals surface area contributed by atoms with E-state index in [1.54, 1.807) is 0 Å². The standard InChI is InChI=1S/C58H35N3/c1-2-13-36(14-3-1)41-28-30-53-51(32-41)57(43-27-29-49-47-21-9-8-19-45(47)46-20-10-11-22-48(46)50(49)34-43)60-58(59-53)61-54-24-12-23-44(42-26-25-37-15-4-5-16-38(37)31-42)56(54)52-33-39-17-6-7-18-40(39)35-55(52)61/h1-35H. The van der Waals surface area contributed by atoms with Crippen LogP contribution in [0.3, 0.4) is 0 Å². The highest BCUT2D eigenvalue weighted by Crippen LogP contribution is 2.43. The van der Waals surface area contributed by atoms with Gasteiger partial charge in [-0.1, -0.05) is 170 Å². The minimum atomic E-state index is 0.643. The molecule has 0 saturated heterocycles. The Morgan fingerprint density at radius 3 is 1.64 bits per heavy atom. The second kappa shape index (κ2) is 13.2. The SMILES string of the molecule is c1ccc(-c2ccc3nc(-n4c5cc6ccccc6cc5c5c(-c6ccc7ccccc7c6)cccc54)nc(-c4ccc5c6ccccc6c6ccccc6c5c4)c3c2)cc1. The molecule has 3 nitrogen and oxygen atoms in total. The van der Waals surface area contributed by atoms with Crippen molar-refractivity contribution in [3.8, 4) is 39.5 Å². The zero-order valence-corrected chi connectivity index (χ0v) is 33.0. The van der Waals surface area contributed by atoms with Gasteiger partial charge in [-0.15, -0.1) is 0 Å². The number of aromatic nitrogens is 3. The molecule has 0 amide bonds. The van der Waals surface area contributed by atoms with Crippen molar-refractivity contribution in [2.75, 3.05) is 0 Å². The first-order valence-corrected chi connectivity index (χ1v) is 20.9. The van der Waals surface area contributed by atoms with Gasteiger partial charge in [0.05, 0.1) is 22.2 Å². The second-order valence-corrected chi connectivity index (χ2v) is 16.1. The minimum absolute atomic E-state index is 0.643. The molecule has 2 aromatic heterocycles. The summed E-state index contributed by atoms with van der Waals surface area (Å²) < 4.78 is 2.29. The number of hydrogen-bond acceptors (Lipinski definition) is 2. The molecular weight excluding hydrogens is 739 g/mol. The van der Waals surface area contributed by atoms with E-state index in [0.717, 1.165) is 44.3 Å². The highest BCUT2D eigenvalue weighted by atomic mass is 15.2. The predicted octanol–water partition coefficient (Wildman–Crippen LogP) is 15.5. The third-order valence-corrected chi connectivity index (χ3v) is 12.7. The summed E-state index contributed by atoms with van der Waals surface area (Å²) in [5.41, 5.74) is 9.64. The molecule has 0 spiro atoms. The van der Waals surface area contributed by atoms with Crippen molar-refractivity contribution in [3.63, 3.8) is 0 Å². The molecule has 2 heterocycles. The van der Waals surface area contributed by atoms with Gasteiger partial charge in [0.1, 0.15) is 0 Å². The Hall–Kier alpha value is -8.14. The maximum atomic E-state index is 5.67. The Morgan fingerprint density at radius 2 is 0.885 bits per heavy atom. The molecule has 0 N–H and O–H groups in total. The zero-order valence-electron chi connectivity index (χ0n) is 33.0. The largest absolute Gasteiger partial charge is 0.278 e. The molecule has 0 unspecified atom stereocenters. The van der Waals surface area contributed by atoms with E-state index >= 15 is 0 Å². The summed E-state index contributed by atoms with van der Waals surface area (Å²) in [6.07, 6.45) is 0. The minimum Gasteiger partial charge on any atom is -0.278 e. The summed E-state index contributed by atoms with van der Waals surface area (Å²) in [5, 5.41) is 15.6. The van der Waals surface area contributed by atoms with Gasteiger partial charge in [0.25, 0.3) is 0 Å². The van der Waals surface area contributed by atoms with Crippen molar-refractivity contribution >= 4 is 86.6 Å². The van der Waals surface area contributed by atoms with Crippen LogP contribution in [0.15, 0.2) is 212 Å². The van der Waals surface area contributed by atoms with Gasteiger partial charge >= 0.3 is 0 Å². The van der Waals surface area contributed by atoms with Crippen LogP contribution in [0.1, 0.15) is 0 Å². The van der Waals surface area contributed by atoms with Gasteiger partial charge in [0.15, 0.2) is 0 Å². The summed E-state index contributed by atoms with van der Waals surface area (Å²) in [6, 6.07) is 77.0. The maximum Gasteiger partial charge on any atom is 0.235 e. The average molecular weight is 774 g/mol. The molecule has 0 aliphatic carbocycles. The molecule has 13 aromatic rings. The van der Waals surface area contributed by atoms with Gasteiger partial charge < -0.3 is 0 Å². The summed E-state index contributed by atoms with van der Waals surface area (Å²) >= 11 is 0. The maximum absolute atomic E-state index is 5.67. The van der Waals surface area contributed by atoms with Crippen molar-refractivity contribution in [1.29, 1.82) is 0 Å². The first-order valence-electron chi connectivity index (χ1n) is 20.9. The Balaban J connectivity index is 1.13. The fraction of sp³-hybridized carbons (Fsp3) is 0. The Labute approximate surface area is 351 Å². The van der Waals surface area contributed by atoms with Gasteiger partial charge in [-0.05, 0) is 119 Å². The van der Waals surface area contributed by atoms with Crippen molar-refractivity contribution in [1.82, 2.24) is 14.5 Å². The molecule has 0 aliphatic heterocycles. The van der Waals surface area contributed by atoms with E-state index in [4.69, 9.17) is 9.97 Å². The predicted molar refractivity (Wildman–Crippen MR) is 258 cm³/mol. The normalized spacial score (nSPS) is 11.9. The van der Waals surface area contributed by atoms with Gasteiger partial charge in [0.2, 0.25) is 5.95 Å². The van der Waals surface area contributed by atoms with Gasteiger partial charge in [0, 0.05) is 21.7 Å². The molecule has 0 atom stereocenters. The van der Waals surface area contributed by atoms with E-state index in [1.165, 1.54) is 75.8 Å². The molecule has 0 aliphatic rings. The van der Waals surface area contributed by atoms with E-state index in [-0.39, 0.29) is 0 Å². The monoisotopic (exact) mass is 773 g/mol. The first kappa shape index (κ1) is 33.8. The molecule has 0 radical (unpaired) electrons. The highest BCUT2D eigenvalue weighted by molar-refractivity contribution is 6.26. The second-order valence-electron chi connectivity index (χ2n) is 16.1. The van der Waals surface area contributed by atoms with Gasteiger partial charge in [-0.3, -0.25) is 4.57 Å². The van der Waals surface area contributed by atoms with Crippen molar-refractivity contribution in [3.05, 3.63) is 212 Å². The van der Waals surface area contributed by atoms with Crippen LogP contribution >= 0.6 is 0 Å². The summed E-state index contributed by atoms with van der Waals surface area (Å²) in [6.45, 7) is 0. The topological polar surface area (TPSA) is 30.7 Å². The van der Waals surface area contributed by atoms with E-state index in [0.29, 0.717) is 5.95 Å².